The number of amides is 2. The van der Waals surface area contributed by atoms with E-state index in [1.807, 2.05) is 0 Å². The van der Waals surface area contributed by atoms with Crippen LogP contribution in [0.15, 0.2) is 34.8 Å². The lowest BCUT2D eigenvalue weighted by Crippen LogP contribution is -2.53. The molecule has 11 nitrogen and oxygen atoms in total. The van der Waals surface area contributed by atoms with E-state index in [1.54, 1.807) is 24.3 Å². The van der Waals surface area contributed by atoms with Crippen molar-refractivity contribution in [3.05, 3.63) is 55.9 Å². The van der Waals surface area contributed by atoms with Crippen molar-refractivity contribution < 1.29 is 27.1 Å². The molecule has 3 atom stereocenters. The fraction of sp³-hybridized carbons (Fsp3) is 0.536. The number of likely N-dealkylation sites (tertiary alicyclic amines) is 1. The van der Waals surface area contributed by atoms with Crippen LogP contribution in [0.2, 0.25) is 0 Å². The average Bonchev–Trinajstić information content (AvgIpc) is 3.61. The summed E-state index contributed by atoms with van der Waals surface area (Å²) in [5, 5.41) is 13.8. The maximum Gasteiger partial charge on any atom is 0.243 e. The molecular formula is C28H38BrFN6O5S2. The van der Waals surface area contributed by atoms with Crippen LogP contribution in [0, 0.1) is 17.1 Å². The van der Waals surface area contributed by atoms with Crippen LogP contribution in [0.5, 0.6) is 0 Å². The zero-order valence-electron chi connectivity index (χ0n) is 23.9. The first-order valence-electron chi connectivity index (χ1n) is 14.1. The molecule has 0 aliphatic carbocycles. The van der Waals surface area contributed by atoms with Gasteiger partial charge in [0.1, 0.15) is 23.7 Å². The molecule has 1 aromatic heterocycles. The molecule has 3 heterocycles. The predicted molar refractivity (Wildman–Crippen MR) is 167 cm³/mol. The normalized spacial score (nSPS) is 20.2. The van der Waals surface area contributed by atoms with Crippen LogP contribution in [0.4, 0.5) is 4.39 Å². The summed E-state index contributed by atoms with van der Waals surface area (Å²) in [5.74, 6) is -1.03. The number of nitrogens with two attached hydrogens (primary N) is 1. The minimum atomic E-state index is -3.72. The van der Waals surface area contributed by atoms with Crippen molar-refractivity contribution in [1.29, 1.82) is 5.41 Å². The molecule has 2 saturated heterocycles. The van der Waals surface area contributed by atoms with Crippen molar-refractivity contribution in [2.24, 2.45) is 11.7 Å². The minimum Gasteiger partial charge on any atom is -0.383 e. The van der Waals surface area contributed by atoms with Crippen molar-refractivity contribution in [1.82, 2.24) is 20.3 Å². The fourth-order valence-corrected chi connectivity index (χ4v) is 7.31. The molecule has 0 bridgehead atoms. The smallest absolute Gasteiger partial charge is 0.243 e. The first-order valence-corrected chi connectivity index (χ1v) is 17.6. The molecule has 0 radical (unpaired) electrons. The molecular weight excluding hydrogens is 663 g/mol. The molecule has 2 aliphatic heterocycles. The molecule has 0 unspecified atom stereocenters. The maximum absolute atomic E-state index is 14.4. The third-order valence-corrected chi connectivity index (χ3v) is 10.0. The van der Waals surface area contributed by atoms with Crippen LogP contribution in [0.1, 0.15) is 47.4 Å². The number of piperidine rings is 1. The first-order chi connectivity index (χ1) is 20.4. The number of benzene rings is 1. The lowest BCUT2D eigenvalue weighted by Gasteiger charge is -2.29. The highest BCUT2D eigenvalue weighted by molar-refractivity contribution is 9.10. The average molecular weight is 702 g/mol. The quantitative estimate of drug-likeness (QED) is 0.158. The van der Waals surface area contributed by atoms with Gasteiger partial charge in [0.15, 0.2) is 0 Å². The van der Waals surface area contributed by atoms with Crippen molar-refractivity contribution in [3.63, 3.8) is 0 Å². The summed E-state index contributed by atoms with van der Waals surface area (Å²) in [5.41, 5.74) is 5.89. The number of carbonyl (C=O) groups excluding carboxylic acids is 2. The van der Waals surface area contributed by atoms with Crippen molar-refractivity contribution in [3.8, 4) is 0 Å². The standard InChI is InChI=1S/C28H38BrFN6O5S2/c1-43(39,40)35-23(6-2-17-8-10-33-11-9-17)28(38)36-15-20(41-16-18-3-4-19(29)12-22(18)30)13-24(36)27(37)34-14-21-5-7-25(42-21)26(31)32/h3-5,7,12,17,20,23-24,33,35H,2,6,8-11,13-16H2,1H3,(H3,31,32)(H,34,37)/t20-,23-,24+/m1/s1. The Morgan fingerprint density at radius 3 is 2.67 bits per heavy atom. The van der Waals surface area contributed by atoms with Gasteiger partial charge in [0, 0.05) is 27.9 Å². The topological polar surface area (TPSA) is 167 Å². The van der Waals surface area contributed by atoms with E-state index in [-0.39, 0.29) is 32.0 Å². The number of nitrogen functional groups attached to an aromatic ring is 1. The highest BCUT2D eigenvalue weighted by Crippen LogP contribution is 2.27. The molecule has 1 aromatic carbocycles. The van der Waals surface area contributed by atoms with E-state index >= 15 is 0 Å². The highest BCUT2D eigenvalue weighted by Gasteiger charge is 2.42. The Labute approximate surface area is 263 Å². The SMILES string of the molecule is CS(=O)(=O)N[C@H](CCC1CCNCC1)C(=O)N1C[C@H](OCc2ccc(Br)cc2F)C[C@H]1C(=O)NCc1ccc(C(=N)N)s1. The van der Waals surface area contributed by atoms with E-state index in [1.165, 1.54) is 22.3 Å². The number of hydrogen-bond donors (Lipinski definition) is 5. The zero-order chi connectivity index (χ0) is 31.1. The number of sulfonamides is 1. The van der Waals surface area contributed by atoms with E-state index in [9.17, 15) is 22.4 Å². The number of amidine groups is 1. The van der Waals surface area contributed by atoms with E-state index in [4.69, 9.17) is 15.9 Å². The molecule has 2 aromatic rings. The predicted octanol–water partition coefficient (Wildman–Crippen LogP) is 2.43. The van der Waals surface area contributed by atoms with E-state index in [0.29, 0.717) is 33.7 Å². The number of thiophene rings is 1. The third-order valence-electron chi connectivity index (χ3n) is 7.68. The summed E-state index contributed by atoms with van der Waals surface area (Å²) in [6.45, 7) is 1.94. The van der Waals surface area contributed by atoms with Crippen LogP contribution in [-0.4, -0.2) is 75.0 Å². The molecule has 0 spiro atoms. The molecule has 0 saturated carbocycles. The Balaban J connectivity index is 1.49. The number of rotatable bonds is 13. The summed E-state index contributed by atoms with van der Waals surface area (Å²) in [7, 11) is -3.72. The first kappa shape index (κ1) is 33.5. The Bertz CT molecular complexity index is 1420. The fourth-order valence-electron chi connectivity index (χ4n) is 5.43. The van der Waals surface area contributed by atoms with Crippen molar-refractivity contribution in [2.75, 3.05) is 25.9 Å². The summed E-state index contributed by atoms with van der Waals surface area (Å²) >= 11 is 4.52. The van der Waals surface area contributed by atoms with Gasteiger partial charge >= 0.3 is 0 Å². The molecule has 15 heteroatoms. The molecule has 43 heavy (non-hydrogen) atoms. The van der Waals surface area contributed by atoms with Gasteiger partial charge in [0.25, 0.3) is 0 Å². The Hall–Kier alpha value is -2.43. The number of ether oxygens (including phenoxy) is 1. The van der Waals surface area contributed by atoms with E-state index in [2.05, 4.69) is 31.3 Å². The summed E-state index contributed by atoms with van der Waals surface area (Å²) < 4.78 is 48.0. The van der Waals surface area contributed by atoms with Crippen molar-refractivity contribution >= 4 is 54.9 Å². The van der Waals surface area contributed by atoms with Gasteiger partial charge in [-0.2, -0.15) is 0 Å². The van der Waals surface area contributed by atoms with Gasteiger partial charge in [-0.05, 0) is 69.0 Å². The molecule has 4 rings (SSSR count). The lowest BCUT2D eigenvalue weighted by atomic mass is 9.91. The Morgan fingerprint density at radius 1 is 1.28 bits per heavy atom. The summed E-state index contributed by atoms with van der Waals surface area (Å²) in [6, 6.07) is 6.17. The van der Waals surface area contributed by atoms with Crippen LogP contribution < -0.4 is 21.1 Å². The molecule has 2 fully saturated rings. The van der Waals surface area contributed by atoms with Gasteiger partial charge in [-0.3, -0.25) is 15.0 Å². The van der Waals surface area contributed by atoms with Gasteiger partial charge in [-0.15, -0.1) is 11.3 Å². The number of nitrogens with zero attached hydrogens (tertiary/aromatic N) is 1. The zero-order valence-corrected chi connectivity index (χ0v) is 27.1. The van der Waals surface area contributed by atoms with Gasteiger partial charge in [-0.25, -0.2) is 17.5 Å². The Morgan fingerprint density at radius 2 is 2.02 bits per heavy atom. The lowest BCUT2D eigenvalue weighted by molar-refractivity contribution is -0.140. The van der Waals surface area contributed by atoms with Crippen LogP contribution >= 0.6 is 27.3 Å². The number of carbonyl (C=O) groups is 2. The highest BCUT2D eigenvalue weighted by atomic mass is 79.9. The van der Waals surface area contributed by atoms with E-state index < -0.39 is 45.8 Å². The van der Waals surface area contributed by atoms with E-state index in [0.717, 1.165) is 37.1 Å². The second kappa shape index (κ2) is 15.0. The largest absolute Gasteiger partial charge is 0.383 e. The van der Waals surface area contributed by atoms with Crippen LogP contribution in [-0.2, 0) is 37.5 Å². The minimum absolute atomic E-state index is 0.0517. The van der Waals surface area contributed by atoms with Crippen LogP contribution in [0.3, 0.4) is 0 Å². The number of hydrogen-bond acceptors (Lipinski definition) is 8. The molecule has 2 aliphatic rings. The number of halogens is 2. The van der Waals surface area contributed by atoms with Crippen molar-refractivity contribution in [2.45, 2.75) is 63.4 Å². The second-order valence-electron chi connectivity index (χ2n) is 11.0. The second-order valence-corrected chi connectivity index (χ2v) is 14.9. The monoisotopic (exact) mass is 700 g/mol. The molecule has 2 amide bonds. The van der Waals surface area contributed by atoms with Crippen LogP contribution in [0.25, 0.3) is 0 Å². The summed E-state index contributed by atoms with van der Waals surface area (Å²) in [6.07, 6.45) is 3.48. The van der Waals surface area contributed by atoms with Gasteiger partial charge in [-0.1, -0.05) is 22.0 Å². The van der Waals surface area contributed by atoms with Gasteiger partial charge in [0.2, 0.25) is 21.8 Å². The molecule has 6 N–H and O–H groups in total. The third kappa shape index (κ3) is 9.78. The molecule has 236 valence electrons. The van der Waals surface area contributed by atoms with Gasteiger partial charge in [0.05, 0.1) is 30.4 Å². The summed E-state index contributed by atoms with van der Waals surface area (Å²) in [4.78, 5) is 30.1. The Kier molecular flexibility index (Phi) is 11.7. The van der Waals surface area contributed by atoms with Gasteiger partial charge < -0.3 is 26.0 Å². The number of nitrogens with one attached hydrogen (secondary N) is 4. The maximum atomic E-state index is 14.4.